The molecule has 2 saturated heterocycles. The van der Waals surface area contributed by atoms with E-state index in [0.29, 0.717) is 54.5 Å². The number of aromatic nitrogens is 1. The average molecular weight is 1230 g/mol. The number of amides is 9. The first kappa shape index (κ1) is 67.3. The van der Waals surface area contributed by atoms with E-state index in [9.17, 15) is 28.2 Å². The van der Waals surface area contributed by atoms with Crippen molar-refractivity contribution in [3.8, 4) is 0 Å². The largest absolute Gasteiger partial charge is 0.361 e. The lowest BCUT2D eigenvalue weighted by molar-refractivity contribution is -0.143. The lowest BCUT2D eigenvalue weighted by Gasteiger charge is -2.31. The summed E-state index contributed by atoms with van der Waals surface area (Å²) in [5, 5.41) is 23.9. The molecule has 4 aromatic carbocycles. The lowest BCUT2D eigenvalue weighted by Crippen LogP contribution is -2.62. The van der Waals surface area contributed by atoms with Gasteiger partial charge in [-0.1, -0.05) is 143 Å². The fraction of sp³-hybridized carbons (Fsp3) is 0.470. The highest BCUT2D eigenvalue weighted by Gasteiger charge is 2.41. The molecule has 21 nitrogen and oxygen atoms in total. The zero-order valence-electron chi connectivity index (χ0n) is 51.0. The molecule has 0 aliphatic carbocycles. The summed E-state index contributed by atoms with van der Waals surface area (Å²) in [5.41, 5.74) is 9.32. The first-order valence-corrected chi connectivity index (χ1v) is 32.4. The van der Waals surface area contributed by atoms with Crippen LogP contribution in [0.1, 0.15) is 101 Å². The fourth-order valence-corrected chi connectivity index (χ4v) is 11.8. The van der Waals surface area contributed by atoms with Crippen LogP contribution in [0, 0.1) is 11.8 Å². The maximum Gasteiger partial charge on any atom is 0.245 e. The number of para-hydroxylation sites is 1. The smallest absolute Gasteiger partial charge is 0.245 e. The Balaban J connectivity index is 1.34. The number of hydrogen-bond acceptors (Lipinski definition) is 11. The highest BCUT2D eigenvalue weighted by atomic mass is 32.2. The van der Waals surface area contributed by atoms with E-state index in [1.807, 2.05) is 57.2 Å². The molecule has 88 heavy (non-hydrogen) atoms. The normalized spacial score (nSPS) is 24.1. The maximum atomic E-state index is 15.2. The summed E-state index contributed by atoms with van der Waals surface area (Å²) < 4.78 is 12.7. The van der Waals surface area contributed by atoms with Crippen molar-refractivity contribution in [1.82, 2.24) is 52.4 Å². The Morgan fingerprint density at radius 2 is 0.977 bits per heavy atom. The standard InChI is InChI=1S/C66H87N11O10S/c1-6-42(4)57-65(85)69-49(31-34-88(5)87)58(78)71-51(35-41(2)3)59(79)70-50(29-18-19-32-67)66(86)77-33-20-30-56(77)64(84)75-54(38-45-25-14-9-15-26-45)62(82)73-52(36-43-21-10-7-11-22-43)60(80)72-53(37-44-23-12-8-13-24-44)61(81)74-55(63(83)76-57)39-46-40-68-48-28-17-16-27-47(46)48/h7-17,21-28,40-42,49-57,68H,6,18-20,29-39,67H2,1-5H3,(H,69,85)(H,70,79)(H,71,78)(H,72,80)(H,73,82)(H,74,81)(H,75,84)(H,76,83). The second-order valence-corrected chi connectivity index (χ2v) is 25.2. The van der Waals surface area contributed by atoms with Gasteiger partial charge in [-0.15, -0.1) is 0 Å². The molecule has 472 valence electrons. The zero-order valence-corrected chi connectivity index (χ0v) is 51.8. The van der Waals surface area contributed by atoms with E-state index < -0.39 is 124 Å². The van der Waals surface area contributed by atoms with E-state index in [1.54, 1.807) is 92.0 Å². The van der Waals surface area contributed by atoms with Gasteiger partial charge in [-0.05, 0) is 91.6 Å². The van der Waals surface area contributed by atoms with Gasteiger partial charge < -0.3 is 58.2 Å². The number of H-pyrrole nitrogens is 1. The van der Waals surface area contributed by atoms with E-state index >= 15 is 19.2 Å². The first-order valence-electron chi connectivity index (χ1n) is 30.7. The molecule has 7 rings (SSSR count). The maximum absolute atomic E-state index is 15.2. The highest BCUT2D eigenvalue weighted by Crippen LogP contribution is 2.23. The van der Waals surface area contributed by atoms with Crippen molar-refractivity contribution in [3.05, 3.63) is 144 Å². The molecule has 0 saturated carbocycles. The molecule has 5 aromatic rings. The van der Waals surface area contributed by atoms with Crippen molar-refractivity contribution in [3.63, 3.8) is 0 Å². The molecular weight excluding hydrogens is 1140 g/mol. The highest BCUT2D eigenvalue weighted by molar-refractivity contribution is 7.84. The van der Waals surface area contributed by atoms with Gasteiger partial charge >= 0.3 is 0 Å². The number of hydrogen-bond donors (Lipinski definition) is 10. The van der Waals surface area contributed by atoms with Crippen LogP contribution in [0.15, 0.2) is 121 Å². The fourth-order valence-electron chi connectivity index (χ4n) is 11.3. The number of carbonyl (C=O) groups excluding carboxylic acids is 9. The number of benzene rings is 4. The van der Waals surface area contributed by atoms with Crippen LogP contribution in [0.4, 0.5) is 0 Å². The molecule has 11 unspecified atom stereocenters. The van der Waals surface area contributed by atoms with E-state index in [-0.39, 0.29) is 69.6 Å². The second-order valence-electron chi connectivity index (χ2n) is 23.6. The summed E-state index contributed by atoms with van der Waals surface area (Å²) in [6, 6.07) is 22.8. The molecule has 3 heterocycles. The zero-order chi connectivity index (χ0) is 63.3. The Labute approximate surface area is 517 Å². The monoisotopic (exact) mass is 1230 g/mol. The SMILES string of the molecule is CCC(C)C1NC(=O)C(Cc2c[nH]c3ccccc23)NC(=O)C(Cc2ccccc2)NC(=O)C(Cc2ccccc2)NC(=O)C(Cc2ccccc2)NC(=O)C2CCCN2C(=O)C(CCCCN)NC(=O)C(CC(C)C)NC(=O)C(CCS(C)=O)NC1=O. The van der Waals surface area contributed by atoms with Gasteiger partial charge in [-0.2, -0.15) is 0 Å². The topological polar surface area (TPSA) is 312 Å². The third-order valence-electron chi connectivity index (χ3n) is 16.3. The van der Waals surface area contributed by atoms with Gasteiger partial charge in [-0.25, -0.2) is 0 Å². The van der Waals surface area contributed by atoms with Crippen LogP contribution in [0.5, 0.6) is 0 Å². The Morgan fingerprint density at radius 3 is 1.50 bits per heavy atom. The molecule has 2 aliphatic heterocycles. The minimum atomic E-state index is -1.44. The van der Waals surface area contributed by atoms with E-state index in [1.165, 1.54) is 11.2 Å². The van der Waals surface area contributed by atoms with Crippen LogP contribution in [-0.4, -0.2) is 147 Å². The molecule has 11 N–H and O–H groups in total. The molecular formula is C66H87N11O10S. The average Bonchev–Trinajstić information content (AvgIpc) is 4.31. The number of aromatic amines is 1. The molecule has 9 amide bonds. The molecule has 1 aromatic heterocycles. The summed E-state index contributed by atoms with van der Waals surface area (Å²) in [4.78, 5) is 139. The van der Waals surface area contributed by atoms with Gasteiger partial charge in [0.2, 0.25) is 53.2 Å². The minimum absolute atomic E-state index is 0.0193. The molecule has 22 heteroatoms. The number of nitrogens with one attached hydrogen (secondary N) is 9. The number of nitrogens with zero attached hydrogens (tertiary/aromatic N) is 1. The Morgan fingerprint density at radius 1 is 0.523 bits per heavy atom. The van der Waals surface area contributed by atoms with Gasteiger partial charge in [-0.3, -0.25) is 47.4 Å². The van der Waals surface area contributed by atoms with Crippen molar-refractivity contribution in [1.29, 1.82) is 0 Å². The van der Waals surface area contributed by atoms with E-state index in [4.69, 9.17) is 5.73 Å². The molecule has 0 spiro atoms. The van der Waals surface area contributed by atoms with Crippen molar-refractivity contribution in [2.75, 3.05) is 25.1 Å². The van der Waals surface area contributed by atoms with Crippen LogP contribution in [0.3, 0.4) is 0 Å². The second kappa shape index (κ2) is 33.2. The van der Waals surface area contributed by atoms with Crippen molar-refractivity contribution in [2.45, 2.75) is 159 Å². The van der Waals surface area contributed by atoms with Crippen LogP contribution in [0.25, 0.3) is 10.9 Å². The predicted molar refractivity (Wildman–Crippen MR) is 338 cm³/mol. The summed E-state index contributed by atoms with van der Waals surface area (Å²) in [6.45, 7) is 7.75. The summed E-state index contributed by atoms with van der Waals surface area (Å²) in [5.74, 6) is -7.17. The third kappa shape index (κ3) is 19.4. The minimum Gasteiger partial charge on any atom is -0.361 e. The number of fused-ring (bicyclic) bond motifs is 2. The third-order valence-corrected chi connectivity index (χ3v) is 17.1. The summed E-state index contributed by atoms with van der Waals surface area (Å²) in [6.07, 6.45) is 5.05. The number of nitrogens with two attached hydrogens (primary N) is 1. The van der Waals surface area contributed by atoms with Crippen LogP contribution in [0.2, 0.25) is 0 Å². The Hall–Kier alpha value is -8.24. The molecule has 0 bridgehead atoms. The van der Waals surface area contributed by atoms with Gasteiger partial charge in [0.1, 0.15) is 54.4 Å². The van der Waals surface area contributed by atoms with Crippen LogP contribution < -0.4 is 48.3 Å². The van der Waals surface area contributed by atoms with Crippen LogP contribution >= 0.6 is 0 Å². The van der Waals surface area contributed by atoms with Crippen molar-refractivity contribution in [2.24, 2.45) is 17.6 Å². The summed E-state index contributed by atoms with van der Waals surface area (Å²) >= 11 is 0. The predicted octanol–water partition coefficient (Wildman–Crippen LogP) is 3.31. The molecule has 0 radical (unpaired) electrons. The molecule has 2 aliphatic rings. The van der Waals surface area contributed by atoms with Crippen molar-refractivity contribution >= 4 is 74.9 Å². The first-order chi connectivity index (χ1) is 42.3. The van der Waals surface area contributed by atoms with Crippen LogP contribution in [-0.2, 0) is 79.6 Å². The molecule has 2 fully saturated rings. The number of carbonyl (C=O) groups is 9. The Kier molecular flexibility index (Phi) is 25.4. The quantitative estimate of drug-likeness (QED) is 0.0535. The molecule has 11 atom stereocenters. The number of unbranched alkanes of at least 4 members (excludes halogenated alkanes) is 1. The van der Waals surface area contributed by atoms with Gasteiger partial charge in [0.05, 0.1) is 0 Å². The van der Waals surface area contributed by atoms with E-state index in [2.05, 4.69) is 47.5 Å². The van der Waals surface area contributed by atoms with Gasteiger partial charge in [0, 0.05) is 72.1 Å². The van der Waals surface area contributed by atoms with Crippen molar-refractivity contribution < 1.29 is 47.4 Å². The van der Waals surface area contributed by atoms with Gasteiger partial charge in [0.15, 0.2) is 0 Å². The van der Waals surface area contributed by atoms with Gasteiger partial charge in [0.25, 0.3) is 0 Å². The van der Waals surface area contributed by atoms with E-state index in [0.717, 1.165) is 10.9 Å². The number of rotatable bonds is 19. The Bertz CT molecular complexity index is 3200. The lowest BCUT2D eigenvalue weighted by atomic mass is 9.96. The summed E-state index contributed by atoms with van der Waals surface area (Å²) in [7, 11) is -1.44.